The van der Waals surface area contributed by atoms with E-state index in [0.29, 0.717) is 10.2 Å². The first kappa shape index (κ1) is 15.0. The zero-order valence-electron chi connectivity index (χ0n) is 11.5. The lowest BCUT2D eigenvalue weighted by Gasteiger charge is -2.11. The van der Waals surface area contributed by atoms with Gasteiger partial charge in [-0.1, -0.05) is 28.9 Å². The van der Waals surface area contributed by atoms with E-state index in [9.17, 15) is 4.39 Å². The predicted octanol–water partition coefficient (Wildman–Crippen LogP) is 4.80. The Labute approximate surface area is 127 Å². The lowest BCUT2D eigenvalue weighted by Crippen LogP contribution is -2.12. The van der Waals surface area contributed by atoms with Crippen LogP contribution in [0, 0.1) is 12.7 Å². The summed E-state index contributed by atoms with van der Waals surface area (Å²) in [5.41, 5.74) is 2.34. The summed E-state index contributed by atoms with van der Waals surface area (Å²) >= 11 is 3.22. The van der Waals surface area contributed by atoms with Crippen molar-refractivity contribution in [3.63, 3.8) is 0 Å². The molecule has 0 heterocycles. The van der Waals surface area contributed by atoms with Gasteiger partial charge in [-0.15, -0.1) is 0 Å². The molecule has 2 rings (SSSR count). The van der Waals surface area contributed by atoms with Crippen LogP contribution in [0.5, 0.6) is 11.5 Å². The number of halogens is 2. The quantitative estimate of drug-likeness (QED) is 0.846. The molecule has 0 aromatic heterocycles. The highest BCUT2D eigenvalue weighted by Gasteiger charge is 2.06. The summed E-state index contributed by atoms with van der Waals surface area (Å²) in [7, 11) is 0. The third-order valence-electron chi connectivity index (χ3n) is 3.00. The number of rotatable bonds is 5. The molecule has 1 N–H and O–H groups in total. The fraction of sp³-hybridized carbons (Fsp3) is 0.250. The third-order valence-corrected chi connectivity index (χ3v) is 3.49. The van der Waals surface area contributed by atoms with Gasteiger partial charge in [-0.2, -0.15) is 0 Å². The maximum Gasteiger partial charge on any atom is 0.166 e. The van der Waals surface area contributed by atoms with E-state index >= 15 is 0 Å². The molecule has 0 spiro atoms. The first-order valence-electron chi connectivity index (χ1n) is 6.53. The van der Waals surface area contributed by atoms with Crippen LogP contribution in [-0.4, -0.2) is 6.54 Å². The molecule has 0 fully saturated rings. The van der Waals surface area contributed by atoms with Gasteiger partial charge in [0.1, 0.15) is 5.75 Å². The fourth-order valence-electron chi connectivity index (χ4n) is 1.87. The van der Waals surface area contributed by atoms with E-state index in [4.69, 9.17) is 4.74 Å². The molecule has 0 unspecified atom stereocenters. The Kier molecular flexibility index (Phi) is 5.15. The Hall–Kier alpha value is -1.39. The number of nitrogens with one attached hydrogen (secondary N) is 1. The molecular weight excluding hydrogens is 321 g/mol. The summed E-state index contributed by atoms with van der Waals surface area (Å²) < 4.78 is 20.0. The van der Waals surface area contributed by atoms with Crippen LogP contribution in [0.1, 0.15) is 18.1 Å². The minimum absolute atomic E-state index is 0.229. The highest BCUT2D eigenvalue weighted by molar-refractivity contribution is 9.10. The van der Waals surface area contributed by atoms with Crippen molar-refractivity contribution in [1.82, 2.24) is 5.32 Å². The van der Waals surface area contributed by atoms with Crippen molar-refractivity contribution in [1.29, 1.82) is 0 Å². The molecule has 4 heteroatoms. The van der Waals surface area contributed by atoms with E-state index in [1.807, 2.05) is 25.1 Å². The van der Waals surface area contributed by atoms with Gasteiger partial charge in [-0.3, -0.25) is 0 Å². The summed E-state index contributed by atoms with van der Waals surface area (Å²) in [5.74, 6) is 0.491. The van der Waals surface area contributed by atoms with Crippen molar-refractivity contribution < 1.29 is 9.13 Å². The van der Waals surface area contributed by atoms with Crippen molar-refractivity contribution in [3.05, 3.63) is 57.8 Å². The molecule has 0 saturated heterocycles. The van der Waals surface area contributed by atoms with Gasteiger partial charge in [0.15, 0.2) is 11.6 Å². The second-order valence-electron chi connectivity index (χ2n) is 4.55. The lowest BCUT2D eigenvalue weighted by molar-refractivity contribution is 0.441. The van der Waals surface area contributed by atoms with Crippen LogP contribution in [0.25, 0.3) is 0 Å². The van der Waals surface area contributed by atoms with Gasteiger partial charge in [0.2, 0.25) is 0 Å². The molecule has 0 aliphatic rings. The van der Waals surface area contributed by atoms with Crippen molar-refractivity contribution >= 4 is 15.9 Å². The SMILES string of the molecule is CCNCc1ccc(Oc2ccc(Br)cc2F)cc1C. The average Bonchev–Trinajstić information content (AvgIpc) is 2.41. The number of hydrogen-bond donors (Lipinski definition) is 1. The van der Waals surface area contributed by atoms with Gasteiger partial charge in [-0.05, 0) is 54.9 Å². The molecule has 0 radical (unpaired) electrons. The van der Waals surface area contributed by atoms with Gasteiger partial charge in [0, 0.05) is 11.0 Å². The molecular formula is C16H17BrFNO. The average molecular weight is 338 g/mol. The molecule has 20 heavy (non-hydrogen) atoms. The normalized spacial score (nSPS) is 10.6. The zero-order chi connectivity index (χ0) is 14.5. The first-order chi connectivity index (χ1) is 9.60. The van der Waals surface area contributed by atoms with Gasteiger partial charge in [-0.25, -0.2) is 4.39 Å². The van der Waals surface area contributed by atoms with Gasteiger partial charge in [0.25, 0.3) is 0 Å². The monoisotopic (exact) mass is 337 g/mol. The highest BCUT2D eigenvalue weighted by atomic mass is 79.9. The van der Waals surface area contributed by atoms with Crippen molar-refractivity contribution in [2.75, 3.05) is 6.54 Å². The van der Waals surface area contributed by atoms with Crippen LogP contribution in [0.3, 0.4) is 0 Å². The summed E-state index contributed by atoms with van der Waals surface area (Å²) in [5, 5.41) is 3.28. The zero-order valence-corrected chi connectivity index (χ0v) is 13.1. The van der Waals surface area contributed by atoms with E-state index in [1.54, 1.807) is 12.1 Å². The Morgan fingerprint density at radius 3 is 2.65 bits per heavy atom. The van der Waals surface area contributed by atoms with Crippen LogP contribution in [0.2, 0.25) is 0 Å². The van der Waals surface area contributed by atoms with Crippen LogP contribution < -0.4 is 10.1 Å². The molecule has 0 aliphatic carbocycles. The predicted molar refractivity (Wildman–Crippen MR) is 82.7 cm³/mol. The fourth-order valence-corrected chi connectivity index (χ4v) is 2.21. The first-order valence-corrected chi connectivity index (χ1v) is 7.32. The highest BCUT2D eigenvalue weighted by Crippen LogP contribution is 2.28. The van der Waals surface area contributed by atoms with E-state index < -0.39 is 0 Å². The number of aryl methyl sites for hydroxylation is 1. The van der Waals surface area contributed by atoms with E-state index in [2.05, 4.69) is 28.2 Å². The largest absolute Gasteiger partial charge is 0.454 e. The molecule has 0 bridgehead atoms. The smallest absolute Gasteiger partial charge is 0.166 e. The Morgan fingerprint density at radius 1 is 1.20 bits per heavy atom. The third kappa shape index (κ3) is 3.81. The maximum absolute atomic E-state index is 13.7. The van der Waals surface area contributed by atoms with E-state index in [0.717, 1.165) is 18.7 Å². The van der Waals surface area contributed by atoms with E-state index in [1.165, 1.54) is 11.6 Å². The molecule has 0 atom stereocenters. The number of hydrogen-bond acceptors (Lipinski definition) is 2. The van der Waals surface area contributed by atoms with Gasteiger partial charge >= 0.3 is 0 Å². The molecule has 0 saturated carbocycles. The molecule has 0 amide bonds. The summed E-state index contributed by atoms with van der Waals surface area (Å²) in [6.07, 6.45) is 0. The standard InChI is InChI=1S/C16H17BrFNO/c1-3-19-10-12-4-6-14(8-11(12)2)20-16-7-5-13(17)9-15(16)18/h4-9,19H,3,10H2,1-2H3. The van der Waals surface area contributed by atoms with Crippen molar-refractivity contribution in [2.45, 2.75) is 20.4 Å². The molecule has 106 valence electrons. The van der Waals surface area contributed by atoms with Crippen LogP contribution in [-0.2, 0) is 6.54 Å². The number of ether oxygens (including phenoxy) is 1. The van der Waals surface area contributed by atoms with Gasteiger partial charge < -0.3 is 10.1 Å². The number of benzene rings is 2. The minimum atomic E-state index is -0.381. The second kappa shape index (κ2) is 6.86. The Morgan fingerprint density at radius 2 is 2.00 bits per heavy atom. The Bertz CT molecular complexity index is 601. The summed E-state index contributed by atoms with van der Waals surface area (Å²) in [6.45, 7) is 5.86. The van der Waals surface area contributed by atoms with E-state index in [-0.39, 0.29) is 11.6 Å². The molecule has 2 aromatic carbocycles. The topological polar surface area (TPSA) is 21.3 Å². The molecule has 0 aliphatic heterocycles. The lowest BCUT2D eigenvalue weighted by atomic mass is 10.1. The Balaban J connectivity index is 2.15. The van der Waals surface area contributed by atoms with Crippen LogP contribution >= 0.6 is 15.9 Å². The van der Waals surface area contributed by atoms with Gasteiger partial charge in [0.05, 0.1) is 0 Å². The van der Waals surface area contributed by atoms with Crippen LogP contribution in [0.15, 0.2) is 40.9 Å². The van der Waals surface area contributed by atoms with Crippen molar-refractivity contribution in [3.8, 4) is 11.5 Å². The molecule has 2 nitrogen and oxygen atoms in total. The second-order valence-corrected chi connectivity index (χ2v) is 5.46. The summed E-state index contributed by atoms with van der Waals surface area (Å²) in [6, 6.07) is 10.5. The van der Waals surface area contributed by atoms with Crippen LogP contribution in [0.4, 0.5) is 4.39 Å². The molecule has 2 aromatic rings. The van der Waals surface area contributed by atoms with Crippen molar-refractivity contribution in [2.24, 2.45) is 0 Å². The maximum atomic E-state index is 13.7. The minimum Gasteiger partial charge on any atom is -0.454 e. The summed E-state index contributed by atoms with van der Waals surface area (Å²) in [4.78, 5) is 0.